The number of carboxylic acids is 1. The monoisotopic (exact) mass is 1050 g/mol. The van der Waals surface area contributed by atoms with Crippen molar-refractivity contribution in [3.63, 3.8) is 0 Å². The molecule has 2 aromatic carbocycles. The van der Waals surface area contributed by atoms with Gasteiger partial charge in [0.1, 0.15) is 0 Å². The maximum Gasteiger partial charge on any atom is 0.308 e. The van der Waals surface area contributed by atoms with Gasteiger partial charge in [0.25, 0.3) is 0 Å². The van der Waals surface area contributed by atoms with Gasteiger partial charge in [-0.2, -0.15) is 10.2 Å². The van der Waals surface area contributed by atoms with Gasteiger partial charge in [-0.25, -0.2) is 29.9 Å². The summed E-state index contributed by atoms with van der Waals surface area (Å²) in [5.74, 6) is -0.121. The molecule has 0 bridgehead atoms. The van der Waals surface area contributed by atoms with E-state index in [4.69, 9.17) is 5.11 Å². The normalized spacial score (nSPS) is 12.4. The smallest absolute Gasteiger partial charge is 0.308 e. The predicted octanol–water partition coefficient (Wildman–Crippen LogP) is 11.3. The first-order valence-electron chi connectivity index (χ1n) is 24.9. The third-order valence-electron chi connectivity index (χ3n) is 12.1. The molecule has 19 heteroatoms. The quantitative estimate of drug-likeness (QED) is 0.0520. The fourth-order valence-corrected chi connectivity index (χ4v) is 9.61. The van der Waals surface area contributed by atoms with Gasteiger partial charge in [0, 0.05) is 85.1 Å². The fourth-order valence-electron chi connectivity index (χ4n) is 7.72. The molecule has 0 aliphatic carbocycles. The lowest BCUT2D eigenvalue weighted by Crippen LogP contribution is -2.16. The van der Waals surface area contributed by atoms with Crippen LogP contribution in [0.3, 0.4) is 0 Å². The van der Waals surface area contributed by atoms with Crippen LogP contribution in [-0.4, -0.2) is 83.8 Å². The number of anilines is 4. The van der Waals surface area contributed by atoms with E-state index in [0.717, 1.165) is 65.3 Å². The number of rotatable bonds is 20. The number of aliphatic hydroxyl groups is 1. The lowest BCUT2D eigenvalue weighted by Gasteiger charge is -2.13. The summed E-state index contributed by atoms with van der Waals surface area (Å²) in [5, 5.41) is 35.2. The van der Waals surface area contributed by atoms with Crippen molar-refractivity contribution in [1.29, 1.82) is 0 Å². The highest BCUT2D eigenvalue weighted by Crippen LogP contribution is 2.31. The van der Waals surface area contributed by atoms with E-state index in [1.54, 1.807) is 59.7 Å². The number of Topliss-reactive ketones (excluding diaryl/α,β-unsaturated/α-hetero) is 2. The summed E-state index contributed by atoms with van der Waals surface area (Å²) in [6, 6.07) is 16.1. The molecular formula is C56H66N12O5S2. The first-order valence-corrected chi connectivity index (χ1v) is 26.5. The van der Waals surface area contributed by atoms with E-state index in [0.29, 0.717) is 54.7 Å². The van der Waals surface area contributed by atoms with E-state index in [-0.39, 0.29) is 41.5 Å². The number of carbonyl (C=O) groups is 3. The summed E-state index contributed by atoms with van der Waals surface area (Å²) < 4.78 is 3.37. The Morgan fingerprint density at radius 2 is 1.07 bits per heavy atom. The molecule has 4 N–H and O–H groups in total. The molecule has 0 unspecified atom stereocenters. The molecule has 17 nitrogen and oxygen atoms in total. The zero-order valence-electron chi connectivity index (χ0n) is 44.2. The first kappa shape index (κ1) is 55.4. The van der Waals surface area contributed by atoms with Crippen molar-refractivity contribution in [2.75, 3.05) is 17.2 Å². The van der Waals surface area contributed by atoms with Crippen molar-refractivity contribution in [3.8, 4) is 22.5 Å². The number of hydrogen-bond donors (Lipinski definition) is 4. The molecule has 8 aromatic rings. The maximum absolute atomic E-state index is 12.7. The Bertz CT molecular complexity index is 3250. The van der Waals surface area contributed by atoms with Gasteiger partial charge in [-0.1, -0.05) is 79.7 Å². The van der Waals surface area contributed by atoms with Crippen LogP contribution in [0, 0.1) is 25.7 Å². The van der Waals surface area contributed by atoms with Gasteiger partial charge in [-0.05, 0) is 79.1 Å². The standard InChI is InChI=1S/C28H32N6O3S.C28H34N6O2S/c1-17-12-20(7-6-19(17)8-9-23(35)24-14-30-26(38-24)28(3,4)5)22-10-11-29-27(33-22)32-21-13-31-34(16-21)15-18(2)25(36)37;1-18(17-35)15-34-16-22(13-31-34)32-27-29-11-10-23(33-27)21-7-6-20(19(2)12-21)8-9-24(36)25-14-30-26(37-25)28(3,4)5/h6-7,10-14,16,18H,8-9,15H2,1-5H3,(H,36,37)(H,29,32,33);6-7,10-14,16,18,35H,8-9,15,17H2,1-5H3,(H,29,32,33)/t2*18-/m00/s1. The Morgan fingerprint density at radius 1 is 0.627 bits per heavy atom. The second-order valence-electron chi connectivity index (χ2n) is 20.9. The van der Waals surface area contributed by atoms with Crippen molar-refractivity contribution in [3.05, 3.63) is 140 Å². The number of ketones is 2. The van der Waals surface area contributed by atoms with Crippen LogP contribution in [0.2, 0.25) is 0 Å². The zero-order valence-corrected chi connectivity index (χ0v) is 45.9. The van der Waals surface area contributed by atoms with Crippen LogP contribution in [0.5, 0.6) is 0 Å². The Morgan fingerprint density at radius 3 is 1.45 bits per heavy atom. The van der Waals surface area contributed by atoms with Crippen LogP contribution in [0.15, 0.2) is 98.1 Å². The predicted molar refractivity (Wildman–Crippen MR) is 295 cm³/mol. The van der Waals surface area contributed by atoms with Crippen LogP contribution in [0.25, 0.3) is 22.5 Å². The highest BCUT2D eigenvalue weighted by molar-refractivity contribution is 7.14. The van der Waals surface area contributed by atoms with Gasteiger partial charge < -0.3 is 20.8 Å². The molecule has 0 saturated heterocycles. The molecule has 8 rings (SSSR count). The Kier molecular flexibility index (Phi) is 18.0. The minimum atomic E-state index is -0.867. The van der Waals surface area contributed by atoms with Crippen LogP contribution in [-0.2, 0) is 41.6 Å². The molecule has 0 fully saturated rings. The summed E-state index contributed by atoms with van der Waals surface area (Å²) in [6.45, 7) is 21.4. The van der Waals surface area contributed by atoms with Crippen molar-refractivity contribution in [1.82, 2.24) is 49.5 Å². The number of carboxylic acid groups (broad SMARTS) is 1. The highest BCUT2D eigenvalue weighted by Gasteiger charge is 2.22. The van der Waals surface area contributed by atoms with Gasteiger partial charge in [0.15, 0.2) is 11.6 Å². The van der Waals surface area contributed by atoms with E-state index < -0.39 is 11.9 Å². The molecule has 2 atom stereocenters. The summed E-state index contributed by atoms with van der Waals surface area (Å²) >= 11 is 2.98. The van der Waals surface area contributed by atoms with E-state index in [1.807, 2.05) is 50.4 Å². The molecule has 75 heavy (non-hydrogen) atoms. The highest BCUT2D eigenvalue weighted by atomic mass is 32.1. The molecule has 0 saturated carbocycles. The summed E-state index contributed by atoms with van der Waals surface area (Å²) in [7, 11) is 0. The van der Waals surface area contributed by atoms with Gasteiger partial charge >= 0.3 is 5.97 Å². The second-order valence-corrected chi connectivity index (χ2v) is 23.0. The average Bonchev–Trinajstić information content (AvgIpc) is 4.22. The van der Waals surface area contributed by atoms with E-state index in [2.05, 4.69) is 117 Å². The Labute approximate surface area is 446 Å². The number of aliphatic carboxylic acids is 1. The number of nitrogens with one attached hydrogen (secondary N) is 2. The number of aromatic nitrogens is 10. The minimum Gasteiger partial charge on any atom is -0.481 e. The number of nitrogens with zero attached hydrogens (tertiary/aromatic N) is 10. The SMILES string of the molecule is Cc1cc(-c2ccnc(Nc3cnn(C[C@H](C)C(=O)O)c3)n2)ccc1CCC(=O)c1cnc(C(C)(C)C)s1.Cc1cc(-c2ccnc(Nc3cnn(C[C@H](C)CO)c3)n2)ccc1CCC(=O)c1cnc(C(C)(C)C)s1. The van der Waals surface area contributed by atoms with Gasteiger partial charge in [0.2, 0.25) is 11.9 Å². The molecule has 0 spiro atoms. The third-order valence-corrected chi connectivity index (χ3v) is 15.1. The van der Waals surface area contributed by atoms with Gasteiger partial charge in [-0.15, -0.1) is 22.7 Å². The zero-order chi connectivity index (χ0) is 54.0. The molecule has 0 radical (unpaired) electrons. The van der Waals surface area contributed by atoms with Crippen molar-refractivity contribution in [2.45, 2.75) is 119 Å². The lowest BCUT2D eigenvalue weighted by molar-refractivity contribution is -0.141. The number of carbonyl (C=O) groups excluding carboxylic acids is 2. The largest absolute Gasteiger partial charge is 0.481 e. The second kappa shape index (κ2) is 24.3. The van der Waals surface area contributed by atoms with Crippen molar-refractivity contribution in [2.24, 2.45) is 11.8 Å². The topological polar surface area (TPSA) is 229 Å². The maximum atomic E-state index is 12.7. The van der Waals surface area contributed by atoms with Crippen LogP contribution >= 0.6 is 22.7 Å². The Balaban J connectivity index is 0.000000219. The van der Waals surface area contributed by atoms with E-state index >= 15 is 0 Å². The lowest BCUT2D eigenvalue weighted by atomic mass is 9.98. The minimum absolute atomic E-state index is 0.0486. The first-order chi connectivity index (χ1) is 35.6. The van der Waals surface area contributed by atoms with Crippen LogP contribution in [0.4, 0.5) is 23.3 Å². The van der Waals surface area contributed by atoms with Crippen molar-refractivity contribution < 1.29 is 24.6 Å². The number of aryl methyl sites for hydroxylation is 4. The van der Waals surface area contributed by atoms with E-state index in [9.17, 15) is 19.5 Å². The number of hydrogen-bond acceptors (Lipinski definition) is 16. The van der Waals surface area contributed by atoms with Crippen LogP contribution in [0.1, 0.15) is 120 Å². The molecule has 0 amide bonds. The van der Waals surface area contributed by atoms with E-state index in [1.165, 1.54) is 22.7 Å². The third kappa shape index (κ3) is 15.4. The number of benzene rings is 2. The molecule has 6 heterocycles. The van der Waals surface area contributed by atoms with Gasteiger partial charge in [0.05, 0.1) is 67.4 Å². The summed E-state index contributed by atoms with van der Waals surface area (Å²) in [5.41, 5.74) is 9.35. The molecule has 0 aliphatic heterocycles. The molecule has 0 aliphatic rings. The molecular weight excluding hydrogens is 985 g/mol. The van der Waals surface area contributed by atoms with Crippen molar-refractivity contribution >= 4 is 63.5 Å². The van der Waals surface area contributed by atoms with Crippen LogP contribution < -0.4 is 10.6 Å². The fraction of sp³-hybridized carbons (Fsp3) is 0.375. The van der Waals surface area contributed by atoms with Gasteiger partial charge in [-0.3, -0.25) is 23.7 Å². The summed E-state index contributed by atoms with van der Waals surface area (Å²) in [6.07, 6.45) is 16.0. The molecule has 6 aromatic heterocycles. The molecule has 392 valence electrons. The Hall–Kier alpha value is -7.35. The summed E-state index contributed by atoms with van der Waals surface area (Å²) in [4.78, 5) is 64.8. The average molecular weight is 1050 g/mol. The number of thiazole rings is 2. The number of aliphatic hydroxyl groups excluding tert-OH is 1.